The lowest BCUT2D eigenvalue weighted by Crippen LogP contribution is -2.36. The van der Waals surface area contributed by atoms with Gasteiger partial charge in [0.2, 0.25) is 5.88 Å². The number of rotatable bonds is 4. The monoisotopic (exact) mass is 358 g/mol. The summed E-state index contributed by atoms with van der Waals surface area (Å²) in [6.45, 7) is 0. The minimum absolute atomic E-state index is 0.0682. The maximum atomic E-state index is 12.3. The van der Waals surface area contributed by atoms with Crippen molar-refractivity contribution in [2.75, 3.05) is 7.11 Å². The molecule has 0 amide bonds. The molecule has 4 N–H and O–H groups in total. The first-order valence-electron chi connectivity index (χ1n) is 8.53. The van der Waals surface area contributed by atoms with Gasteiger partial charge in [0.15, 0.2) is 0 Å². The third kappa shape index (κ3) is 3.41. The highest BCUT2D eigenvalue weighted by atomic mass is 16.5. The number of hydrogen-bond acceptors (Lipinski definition) is 6. The van der Waals surface area contributed by atoms with E-state index in [4.69, 9.17) is 10.5 Å². The fourth-order valence-corrected chi connectivity index (χ4v) is 3.19. The molecule has 8 heteroatoms. The zero-order chi connectivity index (χ0) is 18.7. The fourth-order valence-electron chi connectivity index (χ4n) is 3.19. The number of para-hydroxylation sites is 2. The van der Waals surface area contributed by atoms with E-state index < -0.39 is 17.1 Å². The number of ether oxygens (including phenoxy) is 1. The van der Waals surface area contributed by atoms with E-state index in [1.165, 1.54) is 13.3 Å². The van der Waals surface area contributed by atoms with Crippen LogP contribution in [0, 0.1) is 0 Å². The summed E-state index contributed by atoms with van der Waals surface area (Å²) in [4.78, 5) is 31.0. The van der Waals surface area contributed by atoms with Crippen LogP contribution in [0.4, 0.5) is 0 Å². The van der Waals surface area contributed by atoms with Crippen molar-refractivity contribution < 1.29 is 9.84 Å². The largest absolute Gasteiger partial charge is 0.495 e. The Labute approximate surface area is 150 Å². The van der Waals surface area contributed by atoms with Gasteiger partial charge in [-0.05, 0) is 25.0 Å². The number of aliphatic imine (C=N–C) groups is 1. The minimum Gasteiger partial charge on any atom is -0.495 e. The molecule has 3 rings (SSSR count). The van der Waals surface area contributed by atoms with E-state index in [1.807, 2.05) is 0 Å². The number of aromatic amines is 1. The van der Waals surface area contributed by atoms with Crippen LogP contribution in [0.3, 0.4) is 0 Å². The smallest absolute Gasteiger partial charge is 0.335 e. The zero-order valence-electron chi connectivity index (χ0n) is 14.5. The van der Waals surface area contributed by atoms with Crippen molar-refractivity contribution in [1.82, 2.24) is 9.55 Å². The lowest BCUT2D eigenvalue weighted by molar-refractivity contribution is 0.387. The number of H-pyrrole nitrogens is 1. The van der Waals surface area contributed by atoms with Crippen LogP contribution in [0.25, 0.3) is 5.69 Å². The van der Waals surface area contributed by atoms with E-state index in [0.29, 0.717) is 11.4 Å². The Balaban J connectivity index is 2.08. The highest BCUT2D eigenvalue weighted by Gasteiger charge is 2.21. The number of methoxy groups -OCH3 is 1. The van der Waals surface area contributed by atoms with Gasteiger partial charge in [0.25, 0.3) is 5.56 Å². The number of benzene rings is 1. The molecule has 1 aliphatic rings. The van der Waals surface area contributed by atoms with Gasteiger partial charge in [-0.2, -0.15) is 0 Å². The molecule has 1 saturated carbocycles. The van der Waals surface area contributed by atoms with Crippen LogP contribution in [0.1, 0.15) is 31.2 Å². The zero-order valence-corrected chi connectivity index (χ0v) is 14.5. The molecule has 1 heterocycles. The second-order valence-corrected chi connectivity index (χ2v) is 6.30. The van der Waals surface area contributed by atoms with Gasteiger partial charge in [-0.25, -0.2) is 9.36 Å². The molecular weight excluding hydrogens is 336 g/mol. The minimum atomic E-state index is -0.761. The summed E-state index contributed by atoms with van der Waals surface area (Å²) < 4.78 is 6.22. The molecule has 2 unspecified atom stereocenters. The predicted molar refractivity (Wildman–Crippen MR) is 98.7 cm³/mol. The van der Waals surface area contributed by atoms with E-state index in [-0.39, 0.29) is 17.6 Å². The summed E-state index contributed by atoms with van der Waals surface area (Å²) in [5.74, 6) is -0.106. The summed E-state index contributed by atoms with van der Waals surface area (Å²) in [5.41, 5.74) is 4.83. The van der Waals surface area contributed by atoms with Crippen LogP contribution < -0.4 is 21.7 Å². The second-order valence-electron chi connectivity index (χ2n) is 6.30. The van der Waals surface area contributed by atoms with Gasteiger partial charge in [0.1, 0.15) is 11.3 Å². The lowest BCUT2D eigenvalue weighted by atomic mass is 9.91. The second kappa shape index (κ2) is 7.57. The average Bonchev–Trinajstić information content (AvgIpc) is 2.63. The van der Waals surface area contributed by atoms with Crippen LogP contribution in [0.5, 0.6) is 11.6 Å². The van der Waals surface area contributed by atoms with E-state index in [1.54, 1.807) is 24.3 Å². The van der Waals surface area contributed by atoms with Gasteiger partial charge >= 0.3 is 5.69 Å². The van der Waals surface area contributed by atoms with E-state index >= 15 is 0 Å². The van der Waals surface area contributed by atoms with Crippen molar-refractivity contribution in [2.45, 2.75) is 37.8 Å². The Morgan fingerprint density at radius 2 is 2.04 bits per heavy atom. The van der Waals surface area contributed by atoms with Crippen LogP contribution in [0.2, 0.25) is 0 Å². The van der Waals surface area contributed by atoms with Crippen molar-refractivity contribution >= 4 is 6.21 Å². The van der Waals surface area contributed by atoms with Crippen molar-refractivity contribution in [3.8, 4) is 17.3 Å². The molecule has 0 aliphatic heterocycles. The maximum Gasteiger partial charge on any atom is 0.335 e. The summed E-state index contributed by atoms with van der Waals surface area (Å²) in [7, 11) is 1.46. The third-order valence-electron chi connectivity index (χ3n) is 4.62. The number of nitrogens with two attached hydrogens (primary N) is 1. The van der Waals surface area contributed by atoms with Gasteiger partial charge in [0.05, 0.1) is 18.8 Å². The van der Waals surface area contributed by atoms with E-state index in [9.17, 15) is 14.7 Å². The SMILES string of the molecule is COc1ccccc1-n1c(O)c(C=NC2CCCCC2N)c(=O)[nH]c1=O. The van der Waals surface area contributed by atoms with E-state index in [2.05, 4.69) is 9.98 Å². The summed E-state index contributed by atoms with van der Waals surface area (Å²) in [5, 5.41) is 10.6. The van der Waals surface area contributed by atoms with Crippen LogP contribution in [0.15, 0.2) is 38.8 Å². The Bertz CT molecular complexity index is 932. The van der Waals surface area contributed by atoms with E-state index in [0.717, 1.165) is 30.3 Å². The molecule has 138 valence electrons. The summed E-state index contributed by atoms with van der Waals surface area (Å²) >= 11 is 0. The summed E-state index contributed by atoms with van der Waals surface area (Å²) in [6.07, 6.45) is 5.11. The average molecular weight is 358 g/mol. The Morgan fingerprint density at radius 3 is 2.77 bits per heavy atom. The topological polar surface area (TPSA) is 123 Å². The van der Waals surface area contributed by atoms with Gasteiger partial charge in [-0.1, -0.05) is 25.0 Å². The standard InChI is InChI=1S/C18H22N4O4/c1-26-15-9-5-4-8-14(15)22-17(24)11(16(23)21-18(22)25)10-20-13-7-3-2-6-12(13)19/h4-5,8-10,12-13,24H,2-3,6-7,19H2,1H3,(H,21,23,25). The molecule has 1 aromatic heterocycles. The number of nitrogens with zero attached hydrogens (tertiary/aromatic N) is 2. The molecule has 1 fully saturated rings. The molecule has 0 saturated heterocycles. The van der Waals surface area contributed by atoms with Gasteiger partial charge in [0, 0.05) is 12.3 Å². The molecule has 1 aliphatic carbocycles. The molecule has 0 spiro atoms. The van der Waals surface area contributed by atoms with Gasteiger partial charge in [-0.15, -0.1) is 0 Å². The molecule has 26 heavy (non-hydrogen) atoms. The Kier molecular flexibility index (Phi) is 5.22. The molecule has 2 aromatic rings. The quantitative estimate of drug-likeness (QED) is 0.702. The highest BCUT2D eigenvalue weighted by molar-refractivity contribution is 5.82. The van der Waals surface area contributed by atoms with Crippen LogP contribution in [-0.4, -0.2) is 40.1 Å². The van der Waals surface area contributed by atoms with Gasteiger partial charge < -0.3 is 15.6 Å². The summed E-state index contributed by atoms with van der Waals surface area (Å²) in [6, 6.07) is 6.53. The van der Waals surface area contributed by atoms with Crippen molar-refractivity contribution in [3.63, 3.8) is 0 Å². The lowest BCUT2D eigenvalue weighted by Gasteiger charge is -2.25. The predicted octanol–water partition coefficient (Wildman–Crippen LogP) is 0.929. The number of nitrogens with one attached hydrogen (secondary N) is 1. The molecule has 1 aromatic carbocycles. The molecule has 0 bridgehead atoms. The first-order chi connectivity index (χ1) is 12.5. The van der Waals surface area contributed by atoms with Gasteiger partial charge in [-0.3, -0.25) is 14.8 Å². The third-order valence-corrected chi connectivity index (χ3v) is 4.62. The highest BCUT2D eigenvalue weighted by Crippen LogP contribution is 2.25. The maximum absolute atomic E-state index is 12.3. The molecule has 2 atom stereocenters. The first kappa shape index (κ1) is 17.9. The van der Waals surface area contributed by atoms with Crippen LogP contribution >= 0.6 is 0 Å². The Hall–Kier alpha value is -2.87. The van der Waals surface area contributed by atoms with Crippen molar-refractivity contribution in [1.29, 1.82) is 0 Å². The van der Waals surface area contributed by atoms with Crippen molar-refractivity contribution in [2.24, 2.45) is 10.7 Å². The number of aromatic hydroxyl groups is 1. The number of aromatic nitrogens is 2. The molecular formula is C18H22N4O4. The fraction of sp³-hybridized carbons (Fsp3) is 0.389. The number of hydrogen-bond donors (Lipinski definition) is 3. The van der Waals surface area contributed by atoms with Crippen LogP contribution in [-0.2, 0) is 0 Å². The normalized spacial score (nSPS) is 20.4. The molecule has 8 nitrogen and oxygen atoms in total. The first-order valence-corrected chi connectivity index (χ1v) is 8.53. The molecule has 0 radical (unpaired) electrons. The Morgan fingerprint density at radius 1 is 1.31 bits per heavy atom. The van der Waals surface area contributed by atoms with Crippen molar-refractivity contribution in [3.05, 3.63) is 50.7 Å².